The Hall–Kier alpha value is -0.670. The third-order valence-electron chi connectivity index (χ3n) is 2.33. The molecule has 0 spiro atoms. The average Bonchev–Trinajstić information content (AvgIpc) is 2.14. The fourth-order valence-electron chi connectivity index (χ4n) is 1.26. The van der Waals surface area contributed by atoms with Gasteiger partial charge in [0.25, 0.3) is 0 Å². The first-order chi connectivity index (χ1) is 7.02. The number of benzene rings is 1. The van der Waals surface area contributed by atoms with Gasteiger partial charge >= 0.3 is 0 Å². The van der Waals surface area contributed by atoms with Gasteiger partial charge in [0.2, 0.25) is 0 Å². The lowest BCUT2D eigenvalue weighted by Gasteiger charge is -2.22. The highest BCUT2D eigenvalue weighted by molar-refractivity contribution is 6.18. The van der Waals surface area contributed by atoms with E-state index in [4.69, 9.17) is 11.6 Å². The van der Waals surface area contributed by atoms with Crippen molar-refractivity contribution in [2.45, 2.75) is 19.5 Å². The molecule has 0 amide bonds. The van der Waals surface area contributed by atoms with Gasteiger partial charge in [-0.1, -0.05) is 0 Å². The van der Waals surface area contributed by atoms with Gasteiger partial charge in [0.15, 0.2) is 0 Å². The molecule has 0 radical (unpaired) electrons. The molecule has 0 N–H and O–H groups in total. The Bertz CT molecular complexity index is 310. The highest BCUT2D eigenvalue weighted by atomic mass is 35.5. The number of hydrogen-bond acceptors (Lipinski definition) is 1. The maximum absolute atomic E-state index is 12.9. The molecule has 0 aromatic heterocycles. The lowest BCUT2D eigenvalue weighted by molar-refractivity contribution is 0.267. The molecular formula is C11H14ClF2N. The van der Waals surface area contributed by atoms with E-state index in [1.807, 2.05) is 18.9 Å². The maximum Gasteiger partial charge on any atom is 0.126 e. The van der Waals surface area contributed by atoms with Crippen molar-refractivity contribution in [2.75, 3.05) is 12.9 Å². The van der Waals surface area contributed by atoms with Crippen LogP contribution < -0.4 is 0 Å². The largest absolute Gasteiger partial charge is 0.298 e. The van der Waals surface area contributed by atoms with Crippen molar-refractivity contribution in [3.8, 4) is 0 Å². The van der Waals surface area contributed by atoms with Crippen LogP contribution in [0.4, 0.5) is 8.78 Å². The Morgan fingerprint density at radius 3 is 2.27 bits per heavy atom. The summed E-state index contributed by atoms with van der Waals surface area (Å²) in [5, 5.41) is 0. The smallest absolute Gasteiger partial charge is 0.126 e. The van der Waals surface area contributed by atoms with Crippen LogP contribution in [0.5, 0.6) is 0 Å². The van der Waals surface area contributed by atoms with Gasteiger partial charge < -0.3 is 0 Å². The van der Waals surface area contributed by atoms with Crippen LogP contribution in [0, 0.1) is 11.6 Å². The van der Waals surface area contributed by atoms with E-state index in [0.717, 1.165) is 6.07 Å². The van der Waals surface area contributed by atoms with Crippen molar-refractivity contribution in [1.82, 2.24) is 4.90 Å². The van der Waals surface area contributed by atoms with Crippen LogP contribution in [-0.2, 0) is 6.54 Å². The van der Waals surface area contributed by atoms with Gasteiger partial charge in [0.1, 0.15) is 11.6 Å². The zero-order valence-corrected chi connectivity index (χ0v) is 9.56. The van der Waals surface area contributed by atoms with Crippen LogP contribution >= 0.6 is 11.6 Å². The molecule has 0 saturated heterocycles. The summed E-state index contributed by atoms with van der Waals surface area (Å²) >= 11 is 5.69. The van der Waals surface area contributed by atoms with Crippen molar-refractivity contribution in [2.24, 2.45) is 0 Å². The summed E-state index contributed by atoms with van der Waals surface area (Å²) in [5.41, 5.74) is 0.618. The van der Waals surface area contributed by atoms with Crippen molar-refractivity contribution in [3.63, 3.8) is 0 Å². The van der Waals surface area contributed by atoms with E-state index in [1.165, 1.54) is 12.1 Å². The first kappa shape index (κ1) is 12.4. The minimum Gasteiger partial charge on any atom is -0.298 e. The van der Waals surface area contributed by atoms with E-state index in [0.29, 0.717) is 18.0 Å². The second-order valence-corrected chi connectivity index (χ2v) is 4.00. The van der Waals surface area contributed by atoms with Gasteiger partial charge in [-0.25, -0.2) is 8.78 Å². The summed E-state index contributed by atoms with van der Waals surface area (Å²) in [4.78, 5) is 1.95. The molecule has 1 atom stereocenters. The maximum atomic E-state index is 12.9. The molecule has 1 rings (SSSR count). The fraction of sp³-hybridized carbons (Fsp3) is 0.455. The van der Waals surface area contributed by atoms with Crippen LogP contribution in [0.1, 0.15) is 12.5 Å². The van der Waals surface area contributed by atoms with E-state index in [9.17, 15) is 8.78 Å². The molecular weight excluding hydrogens is 220 g/mol. The normalized spacial score (nSPS) is 13.2. The summed E-state index contributed by atoms with van der Waals surface area (Å²) in [6, 6.07) is 3.72. The van der Waals surface area contributed by atoms with E-state index < -0.39 is 11.6 Å². The Balaban J connectivity index is 2.72. The second-order valence-electron chi connectivity index (χ2n) is 3.70. The standard InChI is InChI=1S/C11H14ClF2N/c1-8(6-12)15(2)7-9-3-10(13)5-11(14)4-9/h3-5,8H,6-7H2,1-2H3. The zero-order chi connectivity index (χ0) is 11.4. The van der Waals surface area contributed by atoms with Crippen LogP contribution in [0.15, 0.2) is 18.2 Å². The Morgan fingerprint density at radius 2 is 1.80 bits per heavy atom. The minimum absolute atomic E-state index is 0.179. The number of halogens is 3. The summed E-state index contributed by atoms with van der Waals surface area (Å²) in [7, 11) is 1.87. The van der Waals surface area contributed by atoms with Gasteiger partial charge in [0.05, 0.1) is 0 Å². The molecule has 0 heterocycles. The van der Waals surface area contributed by atoms with Gasteiger partial charge in [-0.15, -0.1) is 11.6 Å². The lowest BCUT2D eigenvalue weighted by atomic mass is 10.2. The van der Waals surface area contributed by atoms with Crippen molar-refractivity contribution < 1.29 is 8.78 Å². The predicted molar refractivity (Wildman–Crippen MR) is 58.0 cm³/mol. The predicted octanol–water partition coefficient (Wildman–Crippen LogP) is 3.02. The topological polar surface area (TPSA) is 3.24 Å². The summed E-state index contributed by atoms with van der Waals surface area (Å²) in [6.07, 6.45) is 0. The van der Waals surface area contributed by atoms with Gasteiger partial charge in [0, 0.05) is 24.5 Å². The monoisotopic (exact) mass is 233 g/mol. The molecule has 1 unspecified atom stereocenters. The molecule has 0 aliphatic rings. The van der Waals surface area contributed by atoms with E-state index in [2.05, 4.69) is 0 Å². The summed E-state index contributed by atoms with van der Waals surface area (Å²) in [5.74, 6) is -0.595. The van der Waals surface area contributed by atoms with Crippen LogP contribution in [0.3, 0.4) is 0 Å². The quantitative estimate of drug-likeness (QED) is 0.723. The highest BCUT2D eigenvalue weighted by Crippen LogP contribution is 2.11. The van der Waals surface area contributed by atoms with Crippen LogP contribution in [0.25, 0.3) is 0 Å². The first-order valence-electron chi connectivity index (χ1n) is 4.74. The molecule has 1 aromatic carbocycles. The number of alkyl halides is 1. The number of nitrogens with zero attached hydrogens (tertiary/aromatic N) is 1. The number of rotatable bonds is 4. The van der Waals surface area contributed by atoms with Crippen LogP contribution in [0.2, 0.25) is 0 Å². The zero-order valence-electron chi connectivity index (χ0n) is 8.80. The number of hydrogen-bond donors (Lipinski definition) is 0. The highest BCUT2D eigenvalue weighted by Gasteiger charge is 2.09. The first-order valence-corrected chi connectivity index (χ1v) is 5.27. The summed E-state index contributed by atoms with van der Waals surface area (Å²) < 4.78 is 25.8. The fourth-order valence-corrected chi connectivity index (χ4v) is 1.50. The second kappa shape index (κ2) is 5.42. The Morgan fingerprint density at radius 1 is 1.27 bits per heavy atom. The van der Waals surface area contributed by atoms with Crippen molar-refractivity contribution >= 4 is 11.6 Å². The van der Waals surface area contributed by atoms with Gasteiger partial charge in [-0.05, 0) is 31.7 Å². The SMILES string of the molecule is CC(CCl)N(C)Cc1cc(F)cc(F)c1. The van der Waals surface area contributed by atoms with Crippen molar-refractivity contribution in [3.05, 3.63) is 35.4 Å². The van der Waals surface area contributed by atoms with Gasteiger partial charge in [-0.3, -0.25) is 4.90 Å². The third-order valence-corrected chi connectivity index (χ3v) is 2.78. The van der Waals surface area contributed by atoms with E-state index >= 15 is 0 Å². The van der Waals surface area contributed by atoms with Crippen molar-refractivity contribution in [1.29, 1.82) is 0 Å². The Kier molecular flexibility index (Phi) is 4.48. The Labute approximate surface area is 93.7 Å². The molecule has 1 aromatic rings. The molecule has 0 aliphatic carbocycles. The van der Waals surface area contributed by atoms with E-state index in [-0.39, 0.29) is 6.04 Å². The molecule has 0 bridgehead atoms. The third kappa shape index (κ3) is 3.76. The molecule has 0 aliphatic heterocycles. The molecule has 0 fully saturated rings. The van der Waals surface area contributed by atoms with Crippen LogP contribution in [-0.4, -0.2) is 23.9 Å². The average molecular weight is 234 g/mol. The lowest BCUT2D eigenvalue weighted by Crippen LogP contribution is -2.29. The molecule has 4 heteroatoms. The van der Waals surface area contributed by atoms with E-state index in [1.54, 1.807) is 0 Å². The molecule has 0 saturated carbocycles. The molecule has 84 valence electrons. The molecule has 15 heavy (non-hydrogen) atoms. The summed E-state index contributed by atoms with van der Waals surface area (Å²) in [6.45, 7) is 2.45. The minimum atomic E-state index is -0.545. The van der Waals surface area contributed by atoms with Gasteiger partial charge in [-0.2, -0.15) is 0 Å². The molecule has 1 nitrogen and oxygen atoms in total.